The topological polar surface area (TPSA) is 54.9 Å². The van der Waals surface area contributed by atoms with E-state index in [-0.39, 0.29) is 12.0 Å². The van der Waals surface area contributed by atoms with Gasteiger partial charge in [-0.25, -0.2) is 0 Å². The van der Waals surface area contributed by atoms with Gasteiger partial charge in [-0.15, -0.1) is 0 Å². The van der Waals surface area contributed by atoms with Crippen LogP contribution in [0.4, 0.5) is 0 Å². The lowest BCUT2D eigenvalue weighted by Crippen LogP contribution is -2.57. The molecule has 2 unspecified atom stereocenters. The summed E-state index contributed by atoms with van der Waals surface area (Å²) in [5.74, 6) is 0.232. The second kappa shape index (κ2) is 8.55. The predicted molar refractivity (Wildman–Crippen MR) is 90.7 cm³/mol. The van der Waals surface area contributed by atoms with Crippen LogP contribution in [-0.4, -0.2) is 79.3 Å². The van der Waals surface area contributed by atoms with Gasteiger partial charge >= 0.3 is 0 Å². The van der Waals surface area contributed by atoms with E-state index in [0.29, 0.717) is 25.5 Å². The first-order chi connectivity index (χ1) is 11.8. The van der Waals surface area contributed by atoms with E-state index >= 15 is 0 Å². The van der Waals surface area contributed by atoms with Crippen LogP contribution < -0.4 is 0 Å². The SMILES string of the molecule is COC1COCCC1N1CCN(C(=O)CCc2ccccn2)CC1. The summed E-state index contributed by atoms with van der Waals surface area (Å²) in [7, 11) is 1.75. The number of ether oxygens (including phenoxy) is 2. The number of aryl methyl sites for hydroxylation is 1. The summed E-state index contributed by atoms with van der Waals surface area (Å²) in [5, 5.41) is 0. The highest BCUT2D eigenvalue weighted by molar-refractivity contribution is 5.76. The molecule has 0 saturated carbocycles. The molecule has 3 heterocycles. The van der Waals surface area contributed by atoms with Crippen LogP contribution in [0.1, 0.15) is 18.5 Å². The van der Waals surface area contributed by atoms with Gasteiger partial charge in [-0.05, 0) is 25.0 Å². The molecule has 0 spiro atoms. The van der Waals surface area contributed by atoms with Crippen molar-refractivity contribution in [2.24, 2.45) is 0 Å². The molecule has 2 fully saturated rings. The van der Waals surface area contributed by atoms with Gasteiger partial charge < -0.3 is 14.4 Å². The zero-order valence-electron chi connectivity index (χ0n) is 14.4. The van der Waals surface area contributed by atoms with Crippen molar-refractivity contribution in [1.82, 2.24) is 14.8 Å². The van der Waals surface area contributed by atoms with Gasteiger partial charge in [0, 0.05) is 64.2 Å². The largest absolute Gasteiger partial charge is 0.379 e. The molecule has 132 valence electrons. The highest BCUT2D eigenvalue weighted by Gasteiger charge is 2.33. The number of carbonyl (C=O) groups excluding carboxylic acids is 1. The number of hydrogen-bond donors (Lipinski definition) is 0. The summed E-state index contributed by atoms with van der Waals surface area (Å²) in [6.45, 7) is 4.90. The number of nitrogens with zero attached hydrogens (tertiary/aromatic N) is 3. The highest BCUT2D eigenvalue weighted by atomic mass is 16.5. The molecule has 2 aliphatic heterocycles. The third-order valence-electron chi connectivity index (χ3n) is 5.03. The molecule has 0 radical (unpaired) electrons. The molecule has 0 aromatic carbocycles. The Kier molecular flexibility index (Phi) is 6.18. The Labute approximate surface area is 143 Å². The number of methoxy groups -OCH3 is 1. The fourth-order valence-corrected chi connectivity index (χ4v) is 3.59. The van der Waals surface area contributed by atoms with E-state index in [4.69, 9.17) is 9.47 Å². The number of carbonyl (C=O) groups is 1. The van der Waals surface area contributed by atoms with Crippen LogP contribution in [0.15, 0.2) is 24.4 Å². The lowest BCUT2D eigenvalue weighted by atomic mass is 10.0. The third-order valence-corrected chi connectivity index (χ3v) is 5.03. The molecule has 1 aromatic heterocycles. The second-order valence-corrected chi connectivity index (χ2v) is 6.44. The van der Waals surface area contributed by atoms with Crippen LogP contribution in [0.2, 0.25) is 0 Å². The Bertz CT molecular complexity index is 518. The van der Waals surface area contributed by atoms with Gasteiger partial charge in [0.1, 0.15) is 0 Å². The maximum Gasteiger partial charge on any atom is 0.223 e. The number of amides is 1. The summed E-state index contributed by atoms with van der Waals surface area (Å²) in [6, 6.07) is 6.25. The van der Waals surface area contributed by atoms with E-state index in [9.17, 15) is 4.79 Å². The fourth-order valence-electron chi connectivity index (χ4n) is 3.59. The van der Waals surface area contributed by atoms with E-state index in [0.717, 1.165) is 44.9 Å². The Hall–Kier alpha value is -1.50. The Morgan fingerprint density at radius 2 is 2.17 bits per heavy atom. The monoisotopic (exact) mass is 333 g/mol. The predicted octanol–water partition coefficient (Wildman–Crippen LogP) is 0.962. The summed E-state index contributed by atoms with van der Waals surface area (Å²) in [6.07, 6.45) is 4.18. The number of hydrogen-bond acceptors (Lipinski definition) is 5. The van der Waals surface area contributed by atoms with E-state index in [1.165, 1.54) is 0 Å². The fraction of sp³-hybridized carbons (Fsp3) is 0.667. The van der Waals surface area contributed by atoms with Crippen LogP contribution in [0, 0.1) is 0 Å². The first kappa shape index (κ1) is 17.3. The minimum absolute atomic E-state index is 0.144. The first-order valence-electron chi connectivity index (χ1n) is 8.80. The Morgan fingerprint density at radius 1 is 1.33 bits per heavy atom. The molecule has 0 bridgehead atoms. The van der Waals surface area contributed by atoms with Gasteiger partial charge in [0.2, 0.25) is 5.91 Å². The quantitative estimate of drug-likeness (QED) is 0.803. The molecular weight excluding hydrogens is 306 g/mol. The van der Waals surface area contributed by atoms with Gasteiger partial charge in [-0.1, -0.05) is 6.07 Å². The zero-order chi connectivity index (χ0) is 16.8. The smallest absolute Gasteiger partial charge is 0.223 e. The molecule has 0 aliphatic carbocycles. The van der Waals surface area contributed by atoms with Crippen LogP contribution in [0.5, 0.6) is 0 Å². The number of pyridine rings is 1. The third kappa shape index (κ3) is 4.32. The van der Waals surface area contributed by atoms with Crippen molar-refractivity contribution in [1.29, 1.82) is 0 Å². The Morgan fingerprint density at radius 3 is 2.88 bits per heavy atom. The number of rotatable bonds is 5. The van der Waals surface area contributed by atoms with Crippen molar-refractivity contribution in [2.45, 2.75) is 31.4 Å². The van der Waals surface area contributed by atoms with Gasteiger partial charge in [0.25, 0.3) is 0 Å². The highest BCUT2D eigenvalue weighted by Crippen LogP contribution is 2.19. The molecule has 1 amide bonds. The summed E-state index contributed by atoms with van der Waals surface area (Å²) in [5.41, 5.74) is 0.981. The van der Waals surface area contributed by atoms with Crippen molar-refractivity contribution in [3.63, 3.8) is 0 Å². The van der Waals surface area contributed by atoms with Crippen molar-refractivity contribution in [3.05, 3.63) is 30.1 Å². The zero-order valence-corrected chi connectivity index (χ0v) is 14.4. The average molecular weight is 333 g/mol. The summed E-state index contributed by atoms with van der Waals surface area (Å²) >= 11 is 0. The maximum absolute atomic E-state index is 12.4. The standard InChI is InChI=1S/C18H27N3O3/c1-23-17-14-24-13-7-16(17)20-9-11-21(12-10-20)18(22)6-5-15-4-2-3-8-19-15/h2-4,8,16-17H,5-7,9-14H2,1H3. The molecular formula is C18H27N3O3. The lowest BCUT2D eigenvalue weighted by Gasteiger charge is -2.43. The van der Waals surface area contributed by atoms with E-state index in [1.807, 2.05) is 23.1 Å². The molecule has 1 aromatic rings. The molecule has 0 N–H and O–H groups in total. The van der Waals surface area contributed by atoms with Gasteiger partial charge in [-0.3, -0.25) is 14.7 Å². The van der Waals surface area contributed by atoms with Crippen LogP contribution in [-0.2, 0) is 20.7 Å². The van der Waals surface area contributed by atoms with Gasteiger partial charge in [-0.2, -0.15) is 0 Å². The van der Waals surface area contributed by atoms with Crippen LogP contribution in [0.3, 0.4) is 0 Å². The number of aromatic nitrogens is 1. The van der Waals surface area contributed by atoms with Crippen LogP contribution >= 0.6 is 0 Å². The molecule has 24 heavy (non-hydrogen) atoms. The van der Waals surface area contributed by atoms with Crippen molar-refractivity contribution >= 4 is 5.91 Å². The molecule has 2 saturated heterocycles. The summed E-state index contributed by atoms with van der Waals surface area (Å²) in [4.78, 5) is 21.1. The van der Waals surface area contributed by atoms with E-state index in [1.54, 1.807) is 13.3 Å². The normalized spacial score (nSPS) is 25.6. The molecule has 3 rings (SSSR count). The molecule has 2 atom stereocenters. The van der Waals surface area contributed by atoms with Crippen LogP contribution in [0.25, 0.3) is 0 Å². The summed E-state index contributed by atoms with van der Waals surface area (Å²) < 4.78 is 11.1. The second-order valence-electron chi connectivity index (χ2n) is 6.44. The van der Waals surface area contributed by atoms with E-state index < -0.39 is 0 Å². The maximum atomic E-state index is 12.4. The van der Waals surface area contributed by atoms with E-state index in [2.05, 4.69) is 9.88 Å². The molecule has 6 heteroatoms. The minimum atomic E-state index is 0.144. The number of piperazine rings is 1. The average Bonchev–Trinajstić information content (AvgIpc) is 2.67. The first-order valence-corrected chi connectivity index (χ1v) is 8.80. The van der Waals surface area contributed by atoms with Crippen molar-refractivity contribution in [2.75, 3.05) is 46.5 Å². The van der Waals surface area contributed by atoms with Crippen molar-refractivity contribution in [3.8, 4) is 0 Å². The Balaban J connectivity index is 1.45. The minimum Gasteiger partial charge on any atom is -0.379 e. The van der Waals surface area contributed by atoms with Gasteiger partial charge in [0.15, 0.2) is 0 Å². The molecule has 6 nitrogen and oxygen atoms in total. The van der Waals surface area contributed by atoms with Gasteiger partial charge in [0.05, 0.1) is 12.7 Å². The van der Waals surface area contributed by atoms with Crippen molar-refractivity contribution < 1.29 is 14.3 Å². The lowest BCUT2D eigenvalue weighted by molar-refractivity contribution is -0.135. The molecule has 2 aliphatic rings.